The molecule has 0 atom stereocenters. The predicted octanol–water partition coefficient (Wildman–Crippen LogP) is 3.95. The van der Waals surface area contributed by atoms with Crippen molar-refractivity contribution in [3.8, 4) is 11.4 Å². The lowest BCUT2D eigenvalue weighted by Crippen LogP contribution is -2.14. The molecule has 0 saturated carbocycles. The number of hydrogen-bond acceptors (Lipinski definition) is 4. The molecule has 1 heterocycles. The number of hydrogen-bond donors (Lipinski definition) is 1. The minimum atomic E-state index is -0.238. The van der Waals surface area contributed by atoms with E-state index in [-0.39, 0.29) is 16.9 Å². The number of carbonyl (C=O) groups excluding carboxylic acids is 1. The van der Waals surface area contributed by atoms with Crippen LogP contribution in [0.5, 0.6) is 5.75 Å². The second-order valence-corrected chi connectivity index (χ2v) is 7.44. The monoisotopic (exact) mass is 337 g/mol. The molecule has 1 aromatic heterocycles. The zero-order valence-electron chi connectivity index (χ0n) is 15.1. The van der Waals surface area contributed by atoms with Crippen molar-refractivity contribution in [2.24, 2.45) is 0 Å². The summed E-state index contributed by atoms with van der Waals surface area (Å²) < 4.78 is 0. The van der Waals surface area contributed by atoms with Gasteiger partial charge in [0.25, 0.3) is 0 Å². The van der Waals surface area contributed by atoms with Crippen LogP contribution in [-0.4, -0.2) is 25.9 Å². The van der Waals surface area contributed by atoms with Gasteiger partial charge in [-0.3, -0.25) is 0 Å². The van der Waals surface area contributed by atoms with E-state index in [9.17, 15) is 9.90 Å². The minimum absolute atomic E-state index is 0.148. The van der Waals surface area contributed by atoms with Crippen LogP contribution < -0.4 is 0 Å². The van der Waals surface area contributed by atoms with Crippen LogP contribution in [0.3, 0.4) is 0 Å². The van der Waals surface area contributed by atoms with Gasteiger partial charge in [0.1, 0.15) is 28.3 Å². The van der Waals surface area contributed by atoms with Gasteiger partial charge in [0.05, 0.1) is 0 Å². The fourth-order valence-electron chi connectivity index (χ4n) is 2.83. The molecule has 25 heavy (non-hydrogen) atoms. The first-order valence-corrected chi connectivity index (χ1v) is 8.44. The summed E-state index contributed by atoms with van der Waals surface area (Å²) in [6.45, 7) is 7.74. The van der Waals surface area contributed by atoms with Crippen LogP contribution in [0.4, 0.5) is 0 Å². The Morgan fingerprint density at radius 1 is 1.12 bits per heavy atom. The zero-order valence-corrected chi connectivity index (χ0v) is 15.1. The molecular weight excluding hydrogens is 314 g/mol. The van der Waals surface area contributed by atoms with Gasteiger partial charge in [-0.2, -0.15) is 0 Å². The number of benzene rings is 2. The number of aromatic hydroxyl groups is 1. The van der Waals surface area contributed by atoms with Crippen molar-refractivity contribution in [3.63, 3.8) is 0 Å². The summed E-state index contributed by atoms with van der Waals surface area (Å²) in [4.78, 5) is 12.8. The summed E-state index contributed by atoms with van der Waals surface area (Å²) in [6.07, 6.45) is 1.11. The van der Waals surface area contributed by atoms with E-state index in [0.717, 1.165) is 22.2 Å². The Morgan fingerprint density at radius 3 is 2.24 bits per heavy atom. The standard InChI is InChI=1S/C20H23N3O2/c1-13(24)9-10-14-11-15(20(2,3)4)19(25)18(12-14)23-21-16-7-5-6-8-17(16)22-23/h5-8,11-12,25H,9-10H2,1-4H3. The van der Waals surface area contributed by atoms with Crippen molar-refractivity contribution >= 4 is 16.8 Å². The molecule has 3 rings (SSSR count). The summed E-state index contributed by atoms with van der Waals surface area (Å²) in [6, 6.07) is 11.4. The van der Waals surface area contributed by atoms with Gasteiger partial charge >= 0.3 is 0 Å². The van der Waals surface area contributed by atoms with E-state index in [1.807, 2.05) is 57.2 Å². The number of carbonyl (C=O) groups is 1. The summed E-state index contributed by atoms with van der Waals surface area (Å²) in [5.41, 5.74) is 3.67. The molecule has 0 radical (unpaired) electrons. The van der Waals surface area contributed by atoms with E-state index in [1.54, 1.807) is 6.92 Å². The first-order valence-electron chi connectivity index (χ1n) is 8.44. The maximum atomic E-state index is 11.4. The predicted molar refractivity (Wildman–Crippen MR) is 98.2 cm³/mol. The lowest BCUT2D eigenvalue weighted by Gasteiger charge is -2.23. The fourth-order valence-corrected chi connectivity index (χ4v) is 2.83. The number of ketones is 1. The van der Waals surface area contributed by atoms with Crippen LogP contribution in [0.15, 0.2) is 36.4 Å². The second-order valence-electron chi connectivity index (χ2n) is 7.44. The first-order chi connectivity index (χ1) is 11.8. The van der Waals surface area contributed by atoms with E-state index in [1.165, 1.54) is 4.80 Å². The van der Waals surface area contributed by atoms with E-state index < -0.39 is 0 Å². The molecule has 0 aliphatic carbocycles. The molecule has 0 spiro atoms. The Labute approximate surface area is 147 Å². The molecule has 5 heteroatoms. The quantitative estimate of drug-likeness (QED) is 0.783. The second kappa shape index (κ2) is 6.31. The van der Waals surface area contributed by atoms with Gasteiger partial charge in [-0.25, -0.2) is 0 Å². The maximum absolute atomic E-state index is 11.4. The van der Waals surface area contributed by atoms with E-state index in [2.05, 4.69) is 10.2 Å². The van der Waals surface area contributed by atoms with Crippen molar-refractivity contribution in [2.45, 2.75) is 46.0 Å². The molecule has 0 bridgehead atoms. The number of nitrogens with zero attached hydrogens (tertiary/aromatic N) is 3. The highest BCUT2D eigenvalue weighted by molar-refractivity contribution is 5.76. The number of rotatable bonds is 4. The van der Waals surface area contributed by atoms with Gasteiger partial charge < -0.3 is 9.90 Å². The molecule has 0 aliphatic heterocycles. The topological polar surface area (TPSA) is 68.0 Å². The van der Waals surface area contributed by atoms with Crippen LogP contribution in [0.1, 0.15) is 45.2 Å². The number of phenols is 1. The van der Waals surface area contributed by atoms with E-state index in [4.69, 9.17) is 0 Å². The zero-order chi connectivity index (χ0) is 18.2. The first kappa shape index (κ1) is 17.1. The molecule has 130 valence electrons. The molecule has 0 amide bonds. The highest BCUT2D eigenvalue weighted by Gasteiger charge is 2.23. The van der Waals surface area contributed by atoms with Gasteiger partial charge in [0.2, 0.25) is 0 Å². The third-order valence-corrected chi connectivity index (χ3v) is 4.23. The third kappa shape index (κ3) is 3.55. The third-order valence-electron chi connectivity index (χ3n) is 4.23. The van der Waals surface area contributed by atoms with Crippen LogP contribution in [0, 0.1) is 0 Å². The molecule has 2 aromatic carbocycles. The summed E-state index contributed by atoms with van der Waals surface area (Å²) in [5.74, 6) is 0.328. The average Bonchev–Trinajstić information content (AvgIpc) is 2.96. The molecule has 0 aliphatic rings. The highest BCUT2D eigenvalue weighted by atomic mass is 16.3. The number of aromatic nitrogens is 3. The Bertz CT molecular complexity index is 903. The van der Waals surface area contributed by atoms with Crippen molar-refractivity contribution in [3.05, 3.63) is 47.5 Å². The summed E-state index contributed by atoms with van der Waals surface area (Å²) in [7, 11) is 0. The van der Waals surface area contributed by atoms with Crippen LogP contribution in [-0.2, 0) is 16.6 Å². The smallest absolute Gasteiger partial charge is 0.146 e. The van der Waals surface area contributed by atoms with Crippen molar-refractivity contribution in [1.82, 2.24) is 15.0 Å². The highest BCUT2D eigenvalue weighted by Crippen LogP contribution is 2.36. The summed E-state index contributed by atoms with van der Waals surface area (Å²) in [5, 5.41) is 19.8. The largest absolute Gasteiger partial charge is 0.505 e. The van der Waals surface area contributed by atoms with Gasteiger partial charge in [0.15, 0.2) is 0 Å². The van der Waals surface area contributed by atoms with Crippen molar-refractivity contribution in [1.29, 1.82) is 0 Å². The lowest BCUT2D eigenvalue weighted by atomic mass is 9.84. The lowest BCUT2D eigenvalue weighted by molar-refractivity contribution is -0.116. The van der Waals surface area contributed by atoms with Crippen LogP contribution in [0.2, 0.25) is 0 Å². The maximum Gasteiger partial charge on any atom is 0.146 e. The van der Waals surface area contributed by atoms with Crippen LogP contribution in [0.25, 0.3) is 16.7 Å². The molecule has 0 saturated heterocycles. The average molecular weight is 337 g/mol. The van der Waals surface area contributed by atoms with E-state index in [0.29, 0.717) is 18.5 Å². The Kier molecular flexibility index (Phi) is 4.33. The minimum Gasteiger partial charge on any atom is -0.505 e. The van der Waals surface area contributed by atoms with Crippen molar-refractivity contribution < 1.29 is 9.90 Å². The molecular formula is C20H23N3O2. The van der Waals surface area contributed by atoms with Crippen LogP contribution >= 0.6 is 0 Å². The van der Waals surface area contributed by atoms with Gasteiger partial charge in [0, 0.05) is 12.0 Å². The molecule has 5 nitrogen and oxygen atoms in total. The molecule has 0 fully saturated rings. The van der Waals surface area contributed by atoms with E-state index >= 15 is 0 Å². The van der Waals surface area contributed by atoms with Gasteiger partial charge in [-0.15, -0.1) is 15.0 Å². The normalized spacial score (nSPS) is 11.8. The number of Topliss-reactive ketones (excluding diaryl/α,β-unsaturated/α-hetero) is 1. The number of phenolic OH excluding ortho intramolecular Hbond substituents is 1. The van der Waals surface area contributed by atoms with Gasteiger partial charge in [-0.1, -0.05) is 39.0 Å². The molecule has 3 aromatic rings. The Hall–Kier alpha value is -2.69. The molecule has 1 N–H and O–H groups in total. The Morgan fingerprint density at radius 2 is 1.72 bits per heavy atom. The number of fused-ring (bicyclic) bond motifs is 1. The Balaban J connectivity index is 2.16. The van der Waals surface area contributed by atoms with Crippen molar-refractivity contribution in [2.75, 3.05) is 0 Å². The fraction of sp³-hybridized carbons (Fsp3) is 0.350. The SMILES string of the molecule is CC(=O)CCc1cc(-n2nc3ccccc3n2)c(O)c(C(C)(C)C)c1. The number of aryl methyl sites for hydroxylation is 1. The van der Waals surface area contributed by atoms with Gasteiger partial charge in [-0.05, 0) is 42.5 Å². The molecule has 0 unspecified atom stereocenters. The summed E-state index contributed by atoms with van der Waals surface area (Å²) >= 11 is 0.